The molecule has 6 heteroatoms. The second kappa shape index (κ2) is 5.84. The fraction of sp³-hybridized carbons (Fsp3) is 0.750. The van der Waals surface area contributed by atoms with E-state index in [1.54, 1.807) is 7.11 Å². The number of anilines is 2. The summed E-state index contributed by atoms with van der Waals surface area (Å²) in [5, 5.41) is 3.10. The van der Waals surface area contributed by atoms with Crippen molar-refractivity contribution in [1.82, 2.24) is 15.0 Å². The van der Waals surface area contributed by atoms with Gasteiger partial charge in [0.05, 0.1) is 7.11 Å². The summed E-state index contributed by atoms with van der Waals surface area (Å²) in [6.07, 6.45) is 2.64. The normalized spacial score (nSPS) is 14.4. The van der Waals surface area contributed by atoms with Crippen LogP contribution in [0.15, 0.2) is 0 Å². The van der Waals surface area contributed by atoms with Crippen molar-refractivity contribution in [3.8, 4) is 6.01 Å². The molecule has 1 aromatic rings. The van der Waals surface area contributed by atoms with Crippen LogP contribution in [0.1, 0.15) is 26.7 Å². The lowest BCUT2D eigenvalue weighted by atomic mass is 10.4. The maximum absolute atomic E-state index is 5.13. The van der Waals surface area contributed by atoms with Gasteiger partial charge in [-0.1, -0.05) is 0 Å². The van der Waals surface area contributed by atoms with Gasteiger partial charge in [0.1, 0.15) is 0 Å². The largest absolute Gasteiger partial charge is 0.467 e. The van der Waals surface area contributed by atoms with Crippen molar-refractivity contribution in [2.24, 2.45) is 5.92 Å². The Morgan fingerprint density at radius 1 is 1.28 bits per heavy atom. The van der Waals surface area contributed by atoms with E-state index in [-0.39, 0.29) is 0 Å². The lowest BCUT2D eigenvalue weighted by molar-refractivity contribution is 0.378. The van der Waals surface area contributed by atoms with Crippen molar-refractivity contribution in [2.75, 3.05) is 37.0 Å². The standard InChI is InChI=1S/C12H21N5O/c1-4-13-10-14-11(16-12(15-10)18-3)17(5-2)8-9-6-7-9/h9H,4-8H2,1-3H3,(H,13,14,15,16). The summed E-state index contributed by atoms with van der Waals surface area (Å²) in [5.41, 5.74) is 0. The fourth-order valence-corrected chi connectivity index (χ4v) is 1.78. The van der Waals surface area contributed by atoms with Gasteiger partial charge >= 0.3 is 6.01 Å². The van der Waals surface area contributed by atoms with Crippen LogP contribution >= 0.6 is 0 Å². The Morgan fingerprint density at radius 2 is 2.06 bits per heavy atom. The predicted octanol–water partition coefficient (Wildman–Crippen LogP) is 1.55. The highest BCUT2D eigenvalue weighted by atomic mass is 16.5. The lowest BCUT2D eigenvalue weighted by Gasteiger charge is -2.21. The maximum atomic E-state index is 5.13. The molecule has 2 rings (SSSR count). The van der Waals surface area contributed by atoms with Gasteiger partial charge < -0.3 is 15.0 Å². The zero-order valence-corrected chi connectivity index (χ0v) is 11.3. The van der Waals surface area contributed by atoms with Crippen LogP contribution in [0.3, 0.4) is 0 Å². The molecule has 0 amide bonds. The molecule has 0 radical (unpaired) electrons. The van der Waals surface area contributed by atoms with E-state index in [0.29, 0.717) is 17.9 Å². The fourth-order valence-electron chi connectivity index (χ4n) is 1.78. The molecule has 1 fully saturated rings. The summed E-state index contributed by atoms with van der Waals surface area (Å²) in [7, 11) is 1.58. The third-order valence-corrected chi connectivity index (χ3v) is 2.96. The van der Waals surface area contributed by atoms with Crippen molar-refractivity contribution in [3.05, 3.63) is 0 Å². The number of methoxy groups -OCH3 is 1. The summed E-state index contributed by atoms with van der Waals surface area (Å²) in [4.78, 5) is 15.1. The number of nitrogens with one attached hydrogen (secondary N) is 1. The Balaban J connectivity index is 2.19. The monoisotopic (exact) mass is 251 g/mol. The molecule has 6 nitrogen and oxygen atoms in total. The minimum atomic E-state index is 0.366. The molecule has 0 aliphatic heterocycles. The molecule has 1 N–H and O–H groups in total. The first-order valence-corrected chi connectivity index (χ1v) is 6.55. The highest BCUT2D eigenvalue weighted by molar-refractivity contribution is 5.38. The van der Waals surface area contributed by atoms with Crippen LogP contribution in [0, 0.1) is 5.92 Å². The molecular weight excluding hydrogens is 230 g/mol. The van der Waals surface area contributed by atoms with Gasteiger partial charge in [-0.25, -0.2) is 0 Å². The van der Waals surface area contributed by atoms with E-state index in [4.69, 9.17) is 4.74 Å². The van der Waals surface area contributed by atoms with Crippen LogP contribution in [-0.4, -0.2) is 41.7 Å². The predicted molar refractivity (Wildman–Crippen MR) is 71.2 cm³/mol. The van der Waals surface area contributed by atoms with Gasteiger partial charge in [-0.05, 0) is 32.6 Å². The van der Waals surface area contributed by atoms with Crippen LogP contribution in [-0.2, 0) is 0 Å². The van der Waals surface area contributed by atoms with E-state index in [1.807, 2.05) is 6.92 Å². The lowest BCUT2D eigenvalue weighted by Crippen LogP contribution is -2.27. The average molecular weight is 251 g/mol. The molecule has 0 saturated heterocycles. The van der Waals surface area contributed by atoms with Gasteiger partial charge in [0, 0.05) is 19.6 Å². The van der Waals surface area contributed by atoms with Gasteiger partial charge in [-0.15, -0.1) is 0 Å². The Bertz CT molecular complexity index is 394. The zero-order valence-electron chi connectivity index (χ0n) is 11.3. The molecule has 0 atom stereocenters. The Labute approximate surface area is 108 Å². The van der Waals surface area contributed by atoms with Crippen molar-refractivity contribution < 1.29 is 4.74 Å². The van der Waals surface area contributed by atoms with Gasteiger partial charge in [0.2, 0.25) is 11.9 Å². The van der Waals surface area contributed by atoms with Crippen molar-refractivity contribution in [3.63, 3.8) is 0 Å². The number of ether oxygens (including phenoxy) is 1. The average Bonchev–Trinajstić information content (AvgIpc) is 3.19. The molecule has 18 heavy (non-hydrogen) atoms. The minimum absolute atomic E-state index is 0.366. The summed E-state index contributed by atoms with van der Waals surface area (Å²) in [6.45, 7) is 6.83. The SMILES string of the molecule is CCNc1nc(OC)nc(N(CC)CC2CC2)n1. The number of aromatic nitrogens is 3. The molecule has 1 aromatic heterocycles. The molecule has 100 valence electrons. The van der Waals surface area contributed by atoms with E-state index < -0.39 is 0 Å². The Kier molecular flexibility index (Phi) is 4.17. The molecule has 0 bridgehead atoms. The summed E-state index contributed by atoms with van der Waals surface area (Å²) in [5.74, 6) is 2.08. The molecule has 1 aliphatic rings. The number of rotatable bonds is 7. The molecule has 1 saturated carbocycles. The van der Waals surface area contributed by atoms with Crippen LogP contribution in [0.2, 0.25) is 0 Å². The first kappa shape index (κ1) is 12.9. The van der Waals surface area contributed by atoms with Crippen LogP contribution in [0.5, 0.6) is 6.01 Å². The molecular formula is C12H21N5O. The highest BCUT2D eigenvalue weighted by Gasteiger charge is 2.25. The smallest absolute Gasteiger partial charge is 0.322 e. The van der Waals surface area contributed by atoms with Crippen LogP contribution < -0.4 is 15.0 Å². The van der Waals surface area contributed by atoms with Crippen molar-refractivity contribution >= 4 is 11.9 Å². The van der Waals surface area contributed by atoms with E-state index >= 15 is 0 Å². The number of hydrogen-bond acceptors (Lipinski definition) is 6. The van der Waals surface area contributed by atoms with Gasteiger partial charge in [0.25, 0.3) is 0 Å². The second-order valence-electron chi connectivity index (χ2n) is 4.46. The zero-order chi connectivity index (χ0) is 13.0. The highest BCUT2D eigenvalue weighted by Crippen LogP contribution is 2.30. The van der Waals surface area contributed by atoms with Crippen LogP contribution in [0.4, 0.5) is 11.9 Å². The van der Waals surface area contributed by atoms with Gasteiger partial charge in [-0.2, -0.15) is 15.0 Å². The van der Waals surface area contributed by atoms with Crippen molar-refractivity contribution in [2.45, 2.75) is 26.7 Å². The Morgan fingerprint density at radius 3 is 2.61 bits per heavy atom. The van der Waals surface area contributed by atoms with Gasteiger partial charge in [-0.3, -0.25) is 0 Å². The molecule has 1 heterocycles. The van der Waals surface area contributed by atoms with Gasteiger partial charge in [0.15, 0.2) is 0 Å². The Hall–Kier alpha value is -1.59. The quantitative estimate of drug-likeness (QED) is 0.793. The first-order chi connectivity index (χ1) is 8.76. The third kappa shape index (κ3) is 3.21. The van der Waals surface area contributed by atoms with Crippen LogP contribution in [0.25, 0.3) is 0 Å². The van der Waals surface area contributed by atoms with E-state index in [9.17, 15) is 0 Å². The number of nitrogens with zero attached hydrogens (tertiary/aromatic N) is 4. The number of hydrogen-bond donors (Lipinski definition) is 1. The summed E-state index contributed by atoms with van der Waals surface area (Å²) < 4.78 is 5.13. The minimum Gasteiger partial charge on any atom is -0.467 e. The molecule has 0 aromatic carbocycles. The summed E-state index contributed by atoms with van der Waals surface area (Å²) in [6, 6.07) is 0.366. The first-order valence-electron chi connectivity index (χ1n) is 6.55. The van der Waals surface area contributed by atoms with E-state index in [1.165, 1.54) is 12.8 Å². The molecule has 0 unspecified atom stereocenters. The molecule has 0 spiro atoms. The molecule has 1 aliphatic carbocycles. The second-order valence-corrected chi connectivity index (χ2v) is 4.46. The van der Waals surface area contributed by atoms with Crippen molar-refractivity contribution in [1.29, 1.82) is 0 Å². The maximum Gasteiger partial charge on any atom is 0.322 e. The topological polar surface area (TPSA) is 63.2 Å². The van der Waals surface area contributed by atoms with E-state index in [0.717, 1.165) is 25.6 Å². The third-order valence-electron chi connectivity index (χ3n) is 2.96. The van der Waals surface area contributed by atoms with E-state index in [2.05, 4.69) is 32.1 Å². The summed E-state index contributed by atoms with van der Waals surface area (Å²) >= 11 is 0.